The van der Waals surface area contributed by atoms with E-state index < -0.39 is 63.3 Å². The molecule has 0 saturated heterocycles. The highest BCUT2D eigenvalue weighted by atomic mass is 32.2. The van der Waals surface area contributed by atoms with Gasteiger partial charge >= 0.3 is 6.18 Å². The third-order valence-electron chi connectivity index (χ3n) is 7.45. The number of aryl methyl sites for hydroxylation is 1. The van der Waals surface area contributed by atoms with Gasteiger partial charge in [-0.05, 0) is 70.2 Å². The average Bonchev–Trinajstić information content (AvgIpc) is 3.60. The van der Waals surface area contributed by atoms with Gasteiger partial charge in [0.2, 0.25) is 12.0 Å². The zero-order chi connectivity index (χ0) is 36.6. The van der Waals surface area contributed by atoms with Crippen molar-refractivity contribution in [3.63, 3.8) is 0 Å². The maximum absolute atomic E-state index is 13.6. The molecular weight excluding hydrogens is 683 g/mol. The standard InChI is InChI=1S/C32H30F3N7O7S/c1-20-9-11-21(12-10-20)26-17-27(32(33,34)35)36-41(26)22-13-15-23(16-14-22)50(47,48)37-28(43)18-40(31(2,3)4)42(46)38-49-19-39-29(44)24-7-5-6-8-25(24)30(39)45/h5-17H,18-19H2,1-4H3,(H,37,43). The number of imide groups is 1. The Balaban J connectivity index is 1.28. The largest absolute Gasteiger partial charge is 0.569 e. The molecule has 0 unspecified atom stereocenters. The van der Waals surface area contributed by atoms with Crippen LogP contribution in [0.3, 0.4) is 0 Å². The first kappa shape index (κ1) is 35.5. The van der Waals surface area contributed by atoms with Crippen LogP contribution in [0.1, 0.15) is 52.7 Å². The summed E-state index contributed by atoms with van der Waals surface area (Å²) in [5.41, 5.74) is -0.369. The molecule has 1 aliphatic rings. The smallest absolute Gasteiger partial charge is 0.435 e. The monoisotopic (exact) mass is 713 g/mol. The van der Waals surface area contributed by atoms with Crippen molar-refractivity contribution >= 4 is 27.7 Å². The van der Waals surface area contributed by atoms with Crippen molar-refractivity contribution in [3.8, 4) is 16.9 Å². The molecule has 50 heavy (non-hydrogen) atoms. The van der Waals surface area contributed by atoms with E-state index in [1.54, 1.807) is 36.4 Å². The third kappa shape index (κ3) is 7.44. The van der Waals surface area contributed by atoms with Crippen molar-refractivity contribution in [1.29, 1.82) is 0 Å². The predicted molar refractivity (Wildman–Crippen MR) is 169 cm³/mol. The van der Waals surface area contributed by atoms with Crippen LogP contribution in [0.25, 0.3) is 16.9 Å². The lowest BCUT2D eigenvalue weighted by atomic mass is 10.1. The van der Waals surface area contributed by atoms with Crippen LogP contribution < -0.4 is 4.72 Å². The number of amides is 3. The Morgan fingerprint density at radius 3 is 2.10 bits per heavy atom. The summed E-state index contributed by atoms with van der Waals surface area (Å²) in [6.07, 6.45) is -4.74. The number of sulfonamides is 1. The van der Waals surface area contributed by atoms with Gasteiger partial charge in [-0.1, -0.05) is 42.0 Å². The number of hydrazine groups is 1. The number of benzene rings is 3. The highest BCUT2D eigenvalue weighted by Gasteiger charge is 2.37. The number of halogens is 3. The van der Waals surface area contributed by atoms with Crippen LogP contribution >= 0.6 is 0 Å². The molecule has 1 N–H and O–H groups in total. The molecule has 14 nitrogen and oxygen atoms in total. The van der Waals surface area contributed by atoms with Crippen LogP contribution in [0, 0.1) is 12.1 Å². The first-order valence-electron chi connectivity index (χ1n) is 14.8. The fourth-order valence-electron chi connectivity index (χ4n) is 4.88. The molecule has 1 aliphatic heterocycles. The van der Waals surface area contributed by atoms with E-state index in [1.807, 2.05) is 11.6 Å². The van der Waals surface area contributed by atoms with Crippen LogP contribution in [-0.4, -0.2) is 69.6 Å². The van der Waals surface area contributed by atoms with Crippen LogP contribution in [-0.2, 0) is 25.8 Å². The van der Waals surface area contributed by atoms with Crippen molar-refractivity contribution < 1.29 is 45.8 Å². The maximum atomic E-state index is 13.6. The van der Waals surface area contributed by atoms with E-state index in [0.717, 1.165) is 38.4 Å². The fourth-order valence-corrected chi connectivity index (χ4v) is 5.85. The summed E-state index contributed by atoms with van der Waals surface area (Å²) in [5.74, 6) is -2.43. The first-order chi connectivity index (χ1) is 23.4. The predicted octanol–water partition coefficient (Wildman–Crippen LogP) is 4.83. The van der Waals surface area contributed by atoms with E-state index in [1.165, 1.54) is 45.0 Å². The Morgan fingerprint density at radius 1 is 0.980 bits per heavy atom. The zero-order valence-electron chi connectivity index (χ0n) is 27.0. The average molecular weight is 714 g/mol. The number of alkyl halides is 3. The van der Waals surface area contributed by atoms with Gasteiger partial charge < -0.3 is 10.0 Å². The number of hydrogen-bond acceptors (Lipinski definition) is 9. The number of nitrogens with zero attached hydrogens (tertiary/aromatic N) is 6. The lowest BCUT2D eigenvalue weighted by Crippen LogP contribution is -2.51. The minimum Gasteiger partial charge on any atom is -0.569 e. The number of carbonyl (C=O) groups is 3. The summed E-state index contributed by atoms with van der Waals surface area (Å²) >= 11 is 0. The van der Waals surface area contributed by atoms with Gasteiger partial charge in [-0.15, -0.1) is 5.01 Å². The summed E-state index contributed by atoms with van der Waals surface area (Å²) in [4.78, 5) is 43.1. The van der Waals surface area contributed by atoms with Gasteiger partial charge in [0.25, 0.3) is 27.7 Å². The SMILES string of the molecule is Cc1ccc(-c2cc(C(F)(F)F)nn2-c2ccc(S(=O)(=O)NC(=O)CN([N+]([O-])=NOCN3C(=O)c4ccccc4C3=O)C(C)(C)C)cc2)cc1. The molecule has 3 aromatic carbocycles. The van der Waals surface area contributed by atoms with Gasteiger partial charge in [0, 0.05) is 5.56 Å². The number of nitrogens with one attached hydrogen (secondary N) is 1. The molecule has 262 valence electrons. The zero-order valence-corrected chi connectivity index (χ0v) is 27.8. The Labute approximate surface area is 283 Å². The third-order valence-corrected chi connectivity index (χ3v) is 8.84. The summed E-state index contributed by atoms with van der Waals surface area (Å²) < 4.78 is 69.8. The molecule has 0 aliphatic carbocycles. The van der Waals surface area contributed by atoms with E-state index in [-0.39, 0.29) is 27.5 Å². The van der Waals surface area contributed by atoms with Crippen LogP contribution in [0.2, 0.25) is 0 Å². The van der Waals surface area contributed by atoms with Crippen molar-refractivity contribution in [2.45, 2.75) is 44.3 Å². The van der Waals surface area contributed by atoms with E-state index in [9.17, 15) is 41.2 Å². The van der Waals surface area contributed by atoms with Crippen molar-refractivity contribution in [2.75, 3.05) is 13.3 Å². The second-order valence-corrected chi connectivity index (χ2v) is 13.8. The number of hydrogen-bond donors (Lipinski definition) is 1. The molecule has 0 bridgehead atoms. The quantitative estimate of drug-likeness (QED) is 0.105. The summed E-state index contributed by atoms with van der Waals surface area (Å²) in [6.45, 7) is 4.89. The molecule has 18 heteroatoms. The molecule has 0 radical (unpaired) electrons. The molecule has 2 heterocycles. The number of carbonyl (C=O) groups excluding carboxylic acids is 3. The Bertz CT molecular complexity index is 2060. The molecule has 1 aromatic heterocycles. The topological polar surface area (TPSA) is 169 Å². The minimum absolute atomic E-state index is 0.107. The highest BCUT2D eigenvalue weighted by Crippen LogP contribution is 2.33. The molecular formula is C32H30F3N7O7S. The maximum Gasteiger partial charge on any atom is 0.435 e. The van der Waals surface area contributed by atoms with Gasteiger partial charge in [0.15, 0.2) is 12.2 Å². The van der Waals surface area contributed by atoms with Crippen molar-refractivity contribution in [2.24, 2.45) is 5.28 Å². The second-order valence-electron chi connectivity index (χ2n) is 12.1. The van der Waals surface area contributed by atoms with Gasteiger partial charge in [0.1, 0.15) is 0 Å². The van der Waals surface area contributed by atoms with Gasteiger partial charge in [-0.3, -0.25) is 14.4 Å². The van der Waals surface area contributed by atoms with Gasteiger partial charge in [0.05, 0.1) is 37.9 Å². The van der Waals surface area contributed by atoms with E-state index >= 15 is 0 Å². The summed E-state index contributed by atoms with van der Waals surface area (Å²) in [7, 11) is -4.53. The van der Waals surface area contributed by atoms with Crippen molar-refractivity contribution in [1.82, 2.24) is 24.4 Å². The molecule has 0 atom stereocenters. The number of rotatable bonds is 10. The normalized spacial score (nSPS) is 13.7. The van der Waals surface area contributed by atoms with E-state index in [2.05, 4.69) is 10.4 Å². The van der Waals surface area contributed by atoms with Crippen molar-refractivity contribution in [3.05, 3.63) is 106 Å². The summed E-state index contributed by atoms with van der Waals surface area (Å²) in [6, 6.07) is 18.3. The lowest BCUT2D eigenvalue weighted by Gasteiger charge is -2.29. The summed E-state index contributed by atoms with van der Waals surface area (Å²) in [5, 5.41) is 20.7. The van der Waals surface area contributed by atoms with E-state index in [0.29, 0.717) is 5.56 Å². The minimum atomic E-state index is -4.74. The molecule has 0 spiro atoms. The Hall–Kier alpha value is -5.78. The number of fused-ring (bicyclic) bond motifs is 1. The number of aromatic nitrogens is 2. The molecule has 4 aromatic rings. The van der Waals surface area contributed by atoms with Gasteiger partial charge in [-0.2, -0.15) is 18.3 Å². The Kier molecular flexibility index (Phi) is 9.42. The molecule has 0 saturated carbocycles. The van der Waals surface area contributed by atoms with E-state index in [4.69, 9.17) is 4.84 Å². The van der Waals surface area contributed by atoms with Crippen LogP contribution in [0.4, 0.5) is 13.2 Å². The molecule has 0 fully saturated rings. The first-order valence-corrected chi connectivity index (χ1v) is 16.3. The van der Waals surface area contributed by atoms with Crippen LogP contribution in [0.15, 0.2) is 89.0 Å². The highest BCUT2D eigenvalue weighted by molar-refractivity contribution is 7.90. The van der Waals surface area contributed by atoms with Crippen LogP contribution in [0.5, 0.6) is 0 Å². The van der Waals surface area contributed by atoms with Gasteiger partial charge in [-0.25, -0.2) is 22.7 Å². The molecule has 3 amide bonds. The Morgan fingerprint density at radius 2 is 1.56 bits per heavy atom. The molecule has 5 rings (SSSR count). The second kappa shape index (κ2) is 13.3. The lowest BCUT2D eigenvalue weighted by molar-refractivity contribution is -0.723. The fraction of sp³-hybridized carbons (Fsp3) is 0.250.